The molecule has 1 aliphatic rings. The van der Waals surface area contributed by atoms with E-state index in [4.69, 9.17) is 16.3 Å². The lowest BCUT2D eigenvalue weighted by Crippen LogP contribution is -2.26. The van der Waals surface area contributed by atoms with E-state index >= 15 is 0 Å². The Morgan fingerprint density at radius 3 is 2.71 bits per heavy atom. The third-order valence-corrected chi connectivity index (χ3v) is 3.92. The highest BCUT2D eigenvalue weighted by Crippen LogP contribution is 2.40. The van der Waals surface area contributed by atoms with Crippen molar-refractivity contribution in [2.75, 3.05) is 7.11 Å². The van der Waals surface area contributed by atoms with Crippen LogP contribution in [0.25, 0.3) is 0 Å². The molecule has 0 N–H and O–H groups in total. The van der Waals surface area contributed by atoms with Crippen LogP contribution in [0.4, 0.5) is 0 Å². The topological polar surface area (TPSA) is 26.3 Å². The predicted molar refractivity (Wildman–Crippen MR) is 68.2 cm³/mol. The Labute approximate surface area is 107 Å². The van der Waals surface area contributed by atoms with Crippen LogP contribution in [0.1, 0.15) is 37.2 Å². The van der Waals surface area contributed by atoms with Gasteiger partial charge in [-0.05, 0) is 30.4 Å². The average Bonchev–Trinajstić information content (AvgIpc) is 2.38. The van der Waals surface area contributed by atoms with Crippen molar-refractivity contribution in [2.45, 2.75) is 31.6 Å². The molecule has 2 rings (SSSR count). The monoisotopic (exact) mass is 252 g/mol. The predicted octanol–water partition coefficient (Wildman–Crippen LogP) is 3.79. The maximum Gasteiger partial charge on any atom is 0.309 e. The summed E-state index contributed by atoms with van der Waals surface area (Å²) in [5.41, 5.74) is 1.09. The van der Waals surface area contributed by atoms with Crippen LogP contribution >= 0.6 is 11.6 Å². The van der Waals surface area contributed by atoms with E-state index in [-0.39, 0.29) is 17.8 Å². The second-order valence-electron chi connectivity index (χ2n) is 4.54. The second-order valence-corrected chi connectivity index (χ2v) is 4.95. The van der Waals surface area contributed by atoms with Crippen molar-refractivity contribution in [2.24, 2.45) is 5.92 Å². The summed E-state index contributed by atoms with van der Waals surface area (Å²) in [4.78, 5) is 11.8. The van der Waals surface area contributed by atoms with Crippen molar-refractivity contribution < 1.29 is 9.53 Å². The summed E-state index contributed by atoms with van der Waals surface area (Å²) in [7, 11) is 1.46. The van der Waals surface area contributed by atoms with Crippen LogP contribution < -0.4 is 0 Å². The first-order valence-corrected chi connectivity index (χ1v) is 6.44. The second kappa shape index (κ2) is 5.54. The van der Waals surface area contributed by atoms with Crippen LogP contribution in [0.15, 0.2) is 24.3 Å². The summed E-state index contributed by atoms with van der Waals surface area (Å²) in [5.74, 6) is 0.0770. The van der Waals surface area contributed by atoms with Gasteiger partial charge in [0.05, 0.1) is 13.0 Å². The van der Waals surface area contributed by atoms with Gasteiger partial charge in [-0.2, -0.15) is 0 Å². The molecule has 0 aliphatic heterocycles. The molecule has 17 heavy (non-hydrogen) atoms. The normalized spacial score (nSPS) is 24.4. The molecule has 2 unspecified atom stereocenters. The van der Waals surface area contributed by atoms with E-state index in [1.165, 1.54) is 7.11 Å². The van der Waals surface area contributed by atoms with Crippen molar-refractivity contribution >= 4 is 17.6 Å². The third-order valence-electron chi connectivity index (χ3n) is 3.57. The third kappa shape index (κ3) is 2.63. The molecule has 1 aromatic carbocycles. The molecule has 0 spiro atoms. The number of ether oxygens (including phenoxy) is 1. The van der Waals surface area contributed by atoms with E-state index in [2.05, 4.69) is 0 Å². The molecule has 2 nitrogen and oxygen atoms in total. The van der Waals surface area contributed by atoms with Gasteiger partial charge in [-0.25, -0.2) is 0 Å². The van der Waals surface area contributed by atoms with Crippen molar-refractivity contribution in [3.8, 4) is 0 Å². The van der Waals surface area contributed by atoms with Gasteiger partial charge in [0.2, 0.25) is 0 Å². The van der Waals surface area contributed by atoms with E-state index in [0.29, 0.717) is 0 Å². The van der Waals surface area contributed by atoms with Gasteiger partial charge in [0, 0.05) is 5.02 Å². The molecule has 3 heteroatoms. The summed E-state index contributed by atoms with van der Waals surface area (Å²) in [5, 5.41) is 0.758. The molecule has 1 aromatic rings. The van der Waals surface area contributed by atoms with Crippen molar-refractivity contribution in [3.05, 3.63) is 34.9 Å². The van der Waals surface area contributed by atoms with Crippen LogP contribution in [0, 0.1) is 5.92 Å². The Kier molecular flexibility index (Phi) is 4.06. The Balaban J connectivity index is 2.28. The fraction of sp³-hybridized carbons (Fsp3) is 0.500. The van der Waals surface area contributed by atoms with Gasteiger partial charge in [-0.15, -0.1) is 0 Å². The zero-order chi connectivity index (χ0) is 12.3. The molecule has 1 saturated carbocycles. The van der Waals surface area contributed by atoms with Gasteiger partial charge in [0.15, 0.2) is 0 Å². The molecular formula is C14H17ClO2. The summed E-state index contributed by atoms with van der Waals surface area (Å²) in [6.07, 6.45) is 4.18. The molecule has 0 amide bonds. The lowest BCUT2D eigenvalue weighted by Gasteiger charge is -2.30. The Hall–Kier alpha value is -1.02. The van der Waals surface area contributed by atoms with E-state index in [0.717, 1.165) is 36.3 Å². The molecule has 0 aromatic heterocycles. The maximum atomic E-state index is 11.8. The van der Waals surface area contributed by atoms with Crippen molar-refractivity contribution in [3.63, 3.8) is 0 Å². The maximum absolute atomic E-state index is 11.8. The number of hydrogen-bond donors (Lipinski definition) is 0. The minimum absolute atomic E-state index is 0.0337. The van der Waals surface area contributed by atoms with Gasteiger partial charge >= 0.3 is 5.97 Å². The molecule has 0 saturated heterocycles. The SMILES string of the molecule is COC(=O)C1CCCCC1c1ccccc1Cl. The Bertz CT molecular complexity index is 403. The first kappa shape index (κ1) is 12.4. The molecule has 2 atom stereocenters. The van der Waals surface area contributed by atoms with Crippen LogP contribution in [-0.4, -0.2) is 13.1 Å². The van der Waals surface area contributed by atoms with Gasteiger partial charge in [0.1, 0.15) is 0 Å². The summed E-state index contributed by atoms with van der Waals surface area (Å²) in [6, 6.07) is 7.81. The highest BCUT2D eigenvalue weighted by atomic mass is 35.5. The quantitative estimate of drug-likeness (QED) is 0.749. The number of halogens is 1. The highest BCUT2D eigenvalue weighted by molar-refractivity contribution is 6.31. The minimum atomic E-state index is -0.102. The van der Waals surface area contributed by atoms with E-state index in [1.54, 1.807) is 0 Å². The number of benzene rings is 1. The van der Waals surface area contributed by atoms with E-state index in [9.17, 15) is 4.79 Å². The summed E-state index contributed by atoms with van der Waals surface area (Å²) >= 11 is 6.22. The number of carbonyl (C=O) groups is 1. The van der Waals surface area contributed by atoms with Crippen LogP contribution in [0.5, 0.6) is 0 Å². The zero-order valence-corrected chi connectivity index (χ0v) is 10.7. The number of esters is 1. The number of hydrogen-bond acceptors (Lipinski definition) is 2. The fourth-order valence-electron chi connectivity index (χ4n) is 2.71. The number of methoxy groups -OCH3 is 1. The van der Waals surface area contributed by atoms with Crippen LogP contribution in [-0.2, 0) is 9.53 Å². The first-order valence-electron chi connectivity index (χ1n) is 6.06. The smallest absolute Gasteiger partial charge is 0.309 e. The van der Waals surface area contributed by atoms with Crippen LogP contribution in [0.3, 0.4) is 0 Å². The van der Waals surface area contributed by atoms with Gasteiger partial charge in [-0.3, -0.25) is 4.79 Å². The Morgan fingerprint density at radius 1 is 1.29 bits per heavy atom. The molecule has 1 fully saturated rings. The van der Waals surface area contributed by atoms with Crippen molar-refractivity contribution in [1.29, 1.82) is 0 Å². The summed E-state index contributed by atoms with van der Waals surface area (Å²) < 4.78 is 4.90. The van der Waals surface area contributed by atoms with Gasteiger partial charge < -0.3 is 4.74 Å². The molecule has 0 radical (unpaired) electrons. The largest absolute Gasteiger partial charge is 0.469 e. The van der Waals surface area contributed by atoms with Crippen LogP contribution in [0.2, 0.25) is 5.02 Å². The van der Waals surface area contributed by atoms with E-state index < -0.39 is 0 Å². The fourth-order valence-corrected chi connectivity index (χ4v) is 2.99. The standard InChI is InChI=1S/C14H17ClO2/c1-17-14(16)12-8-3-2-6-10(12)11-7-4-5-9-13(11)15/h4-5,7,9-10,12H,2-3,6,8H2,1H3. The zero-order valence-electron chi connectivity index (χ0n) is 9.99. The Morgan fingerprint density at radius 2 is 2.00 bits per heavy atom. The first-order chi connectivity index (χ1) is 8.24. The molecule has 1 aliphatic carbocycles. The lowest BCUT2D eigenvalue weighted by molar-refractivity contribution is -0.147. The molecule has 92 valence electrons. The molecular weight excluding hydrogens is 236 g/mol. The number of rotatable bonds is 2. The number of carbonyl (C=O) groups excluding carboxylic acids is 1. The van der Waals surface area contributed by atoms with E-state index in [1.807, 2.05) is 24.3 Å². The van der Waals surface area contributed by atoms with Crippen molar-refractivity contribution in [1.82, 2.24) is 0 Å². The lowest BCUT2D eigenvalue weighted by atomic mass is 9.75. The molecule has 0 bridgehead atoms. The highest BCUT2D eigenvalue weighted by Gasteiger charge is 2.33. The van der Waals surface area contributed by atoms with Gasteiger partial charge in [0.25, 0.3) is 0 Å². The minimum Gasteiger partial charge on any atom is -0.469 e. The molecule has 0 heterocycles. The van der Waals surface area contributed by atoms with Gasteiger partial charge in [-0.1, -0.05) is 42.6 Å². The summed E-state index contributed by atoms with van der Waals surface area (Å²) in [6.45, 7) is 0. The average molecular weight is 253 g/mol.